The number of amides is 1. The second kappa shape index (κ2) is 9.17. The molecule has 6 nitrogen and oxygen atoms in total. The zero-order chi connectivity index (χ0) is 21.7. The molecule has 0 aliphatic heterocycles. The van der Waals surface area contributed by atoms with Gasteiger partial charge in [0.25, 0.3) is 5.91 Å². The number of hydrogen-bond donors (Lipinski definition) is 2. The van der Waals surface area contributed by atoms with Crippen LogP contribution in [0.25, 0.3) is 11.3 Å². The van der Waals surface area contributed by atoms with Crippen LogP contribution in [0.3, 0.4) is 0 Å². The van der Waals surface area contributed by atoms with Crippen LogP contribution >= 0.6 is 0 Å². The van der Waals surface area contributed by atoms with E-state index in [1.165, 1.54) is 31.4 Å². The van der Waals surface area contributed by atoms with Gasteiger partial charge in [0, 0.05) is 11.6 Å². The number of nitrogens with one attached hydrogen (secondary N) is 1. The standard InChI is InChI=1S/C23H21FN2O4/c1-14-6-3-4-7-16(14)20(13-22(27)28)26-23(29)19-9-5-8-18(25-19)17-11-10-15(24)12-21(17)30-2/h3-12,20H,13H2,1-2H3,(H,26,29)(H,27,28)/t20-/m0/s1. The maximum atomic E-state index is 13.5. The number of pyridine rings is 1. The number of methoxy groups -OCH3 is 1. The molecule has 2 N–H and O–H groups in total. The predicted molar refractivity (Wildman–Crippen MR) is 110 cm³/mol. The number of aliphatic carboxylic acids is 1. The lowest BCUT2D eigenvalue weighted by Gasteiger charge is -2.19. The highest BCUT2D eigenvalue weighted by atomic mass is 19.1. The van der Waals surface area contributed by atoms with Crippen LogP contribution in [0.15, 0.2) is 60.7 Å². The quantitative estimate of drug-likeness (QED) is 0.613. The summed E-state index contributed by atoms with van der Waals surface area (Å²) < 4.78 is 18.7. The summed E-state index contributed by atoms with van der Waals surface area (Å²) >= 11 is 0. The molecule has 2 aromatic carbocycles. The molecule has 1 heterocycles. The third kappa shape index (κ3) is 4.81. The van der Waals surface area contributed by atoms with Crippen LogP contribution in [-0.2, 0) is 4.79 Å². The molecule has 3 aromatic rings. The summed E-state index contributed by atoms with van der Waals surface area (Å²) in [5.41, 5.74) is 2.69. The number of rotatable bonds is 7. The first-order valence-electron chi connectivity index (χ1n) is 9.28. The van der Waals surface area contributed by atoms with Crippen molar-refractivity contribution in [2.75, 3.05) is 7.11 Å². The van der Waals surface area contributed by atoms with Gasteiger partial charge in [-0.1, -0.05) is 30.3 Å². The van der Waals surface area contributed by atoms with Gasteiger partial charge in [-0.2, -0.15) is 0 Å². The fourth-order valence-corrected chi connectivity index (χ4v) is 3.21. The summed E-state index contributed by atoms with van der Waals surface area (Å²) in [5.74, 6) is -1.68. The van der Waals surface area contributed by atoms with Crippen LogP contribution in [-0.4, -0.2) is 29.1 Å². The molecule has 0 aliphatic rings. The Morgan fingerprint density at radius 1 is 1.13 bits per heavy atom. The van der Waals surface area contributed by atoms with E-state index >= 15 is 0 Å². The minimum absolute atomic E-state index is 0.114. The lowest BCUT2D eigenvalue weighted by Crippen LogP contribution is -2.31. The van der Waals surface area contributed by atoms with Crippen LogP contribution < -0.4 is 10.1 Å². The Labute approximate surface area is 173 Å². The van der Waals surface area contributed by atoms with Gasteiger partial charge < -0.3 is 15.2 Å². The number of aryl methyl sites for hydroxylation is 1. The topological polar surface area (TPSA) is 88.5 Å². The molecule has 0 aliphatic carbocycles. The van der Waals surface area contributed by atoms with E-state index < -0.39 is 23.7 Å². The Balaban J connectivity index is 1.90. The molecule has 0 bridgehead atoms. The van der Waals surface area contributed by atoms with Crippen molar-refractivity contribution in [3.05, 3.63) is 83.3 Å². The van der Waals surface area contributed by atoms with E-state index in [-0.39, 0.29) is 12.1 Å². The van der Waals surface area contributed by atoms with Crippen molar-refractivity contribution in [3.8, 4) is 17.0 Å². The van der Waals surface area contributed by atoms with Crippen LogP contribution in [0.5, 0.6) is 5.75 Å². The molecule has 0 saturated carbocycles. The Morgan fingerprint density at radius 2 is 1.90 bits per heavy atom. The van der Waals surface area contributed by atoms with Gasteiger partial charge in [-0.25, -0.2) is 9.37 Å². The van der Waals surface area contributed by atoms with Gasteiger partial charge >= 0.3 is 5.97 Å². The number of carboxylic acids is 1. The highest BCUT2D eigenvalue weighted by Gasteiger charge is 2.21. The van der Waals surface area contributed by atoms with Crippen LogP contribution in [0.1, 0.15) is 34.1 Å². The second-order valence-corrected chi connectivity index (χ2v) is 6.73. The molecule has 30 heavy (non-hydrogen) atoms. The largest absolute Gasteiger partial charge is 0.496 e. The Hall–Kier alpha value is -3.74. The molecular formula is C23H21FN2O4. The molecule has 0 spiro atoms. The van der Waals surface area contributed by atoms with Gasteiger partial charge in [-0.3, -0.25) is 9.59 Å². The molecule has 1 atom stereocenters. The first kappa shape index (κ1) is 21.0. The molecule has 1 aromatic heterocycles. The van der Waals surface area contributed by atoms with Gasteiger partial charge in [0.2, 0.25) is 0 Å². The van der Waals surface area contributed by atoms with Crippen molar-refractivity contribution in [3.63, 3.8) is 0 Å². The third-order valence-electron chi connectivity index (χ3n) is 4.67. The highest BCUT2D eigenvalue weighted by Crippen LogP contribution is 2.29. The molecule has 154 valence electrons. The van der Waals surface area contributed by atoms with Gasteiger partial charge in [0.15, 0.2) is 0 Å². The first-order valence-corrected chi connectivity index (χ1v) is 9.28. The predicted octanol–water partition coefficient (Wildman–Crippen LogP) is 4.15. The van der Waals surface area contributed by atoms with Crippen LogP contribution in [0.2, 0.25) is 0 Å². The van der Waals surface area contributed by atoms with Crippen LogP contribution in [0.4, 0.5) is 4.39 Å². The van der Waals surface area contributed by atoms with E-state index in [0.29, 0.717) is 17.0 Å². The molecule has 3 rings (SSSR count). The molecule has 7 heteroatoms. The Morgan fingerprint density at radius 3 is 2.60 bits per heavy atom. The number of hydrogen-bond acceptors (Lipinski definition) is 4. The zero-order valence-corrected chi connectivity index (χ0v) is 16.6. The molecule has 0 radical (unpaired) electrons. The summed E-state index contributed by atoms with van der Waals surface area (Å²) in [6.07, 6.45) is -0.262. The fourth-order valence-electron chi connectivity index (χ4n) is 3.21. The van der Waals surface area contributed by atoms with Gasteiger partial charge in [-0.05, 0) is 42.3 Å². The van der Waals surface area contributed by atoms with E-state index in [4.69, 9.17) is 4.74 Å². The van der Waals surface area contributed by atoms with E-state index in [2.05, 4.69) is 10.3 Å². The number of carboxylic acid groups (broad SMARTS) is 1. The summed E-state index contributed by atoms with van der Waals surface area (Å²) in [5, 5.41) is 12.0. The van der Waals surface area contributed by atoms with E-state index in [1.807, 2.05) is 19.1 Å². The van der Waals surface area contributed by atoms with Crippen molar-refractivity contribution in [2.45, 2.75) is 19.4 Å². The van der Waals surface area contributed by atoms with Gasteiger partial charge in [0.05, 0.1) is 25.3 Å². The number of carbonyl (C=O) groups is 2. The lowest BCUT2D eigenvalue weighted by atomic mass is 9.98. The fraction of sp³-hybridized carbons (Fsp3) is 0.174. The maximum absolute atomic E-state index is 13.5. The van der Waals surface area contributed by atoms with E-state index in [0.717, 1.165) is 11.1 Å². The average Bonchev–Trinajstić information content (AvgIpc) is 2.73. The third-order valence-corrected chi connectivity index (χ3v) is 4.67. The number of benzene rings is 2. The molecule has 0 fully saturated rings. The number of carbonyl (C=O) groups excluding carboxylic acids is 1. The van der Waals surface area contributed by atoms with E-state index in [1.54, 1.807) is 24.3 Å². The Kier molecular flexibility index (Phi) is 6.41. The Bertz CT molecular complexity index is 1080. The molecule has 0 unspecified atom stereocenters. The zero-order valence-electron chi connectivity index (χ0n) is 16.6. The van der Waals surface area contributed by atoms with Crippen molar-refractivity contribution >= 4 is 11.9 Å². The average molecular weight is 408 g/mol. The second-order valence-electron chi connectivity index (χ2n) is 6.73. The van der Waals surface area contributed by atoms with Crippen molar-refractivity contribution < 1.29 is 23.8 Å². The molecule has 1 amide bonds. The lowest BCUT2D eigenvalue weighted by molar-refractivity contribution is -0.137. The molecule has 0 saturated heterocycles. The SMILES string of the molecule is COc1cc(F)ccc1-c1cccc(C(=O)N[C@@H](CC(=O)O)c2ccccc2C)n1. The number of aromatic nitrogens is 1. The summed E-state index contributed by atoms with van der Waals surface area (Å²) in [6.45, 7) is 1.86. The monoisotopic (exact) mass is 408 g/mol. The minimum Gasteiger partial charge on any atom is -0.496 e. The normalized spacial score (nSPS) is 11.6. The van der Waals surface area contributed by atoms with Gasteiger partial charge in [-0.15, -0.1) is 0 Å². The first-order chi connectivity index (χ1) is 14.4. The van der Waals surface area contributed by atoms with Crippen molar-refractivity contribution in [2.24, 2.45) is 0 Å². The van der Waals surface area contributed by atoms with Crippen molar-refractivity contribution in [1.82, 2.24) is 10.3 Å². The van der Waals surface area contributed by atoms with Crippen LogP contribution in [0, 0.1) is 12.7 Å². The summed E-state index contributed by atoms with van der Waals surface area (Å²) in [6, 6.07) is 15.5. The van der Waals surface area contributed by atoms with E-state index in [9.17, 15) is 19.1 Å². The molecular weight excluding hydrogens is 387 g/mol. The highest BCUT2D eigenvalue weighted by molar-refractivity contribution is 5.93. The smallest absolute Gasteiger partial charge is 0.305 e. The van der Waals surface area contributed by atoms with Gasteiger partial charge in [0.1, 0.15) is 17.3 Å². The summed E-state index contributed by atoms with van der Waals surface area (Å²) in [4.78, 5) is 28.6. The maximum Gasteiger partial charge on any atom is 0.305 e. The number of ether oxygens (including phenoxy) is 1. The number of nitrogens with zero attached hydrogens (tertiary/aromatic N) is 1. The number of halogens is 1. The minimum atomic E-state index is -1.03. The van der Waals surface area contributed by atoms with Crippen molar-refractivity contribution in [1.29, 1.82) is 0 Å². The summed E-state index contributed by atoms with van der Waals surface area (Å²) in [7, 11) is 1.42.